The molecule has 13 heavy (non-hydrogen) atoms. The number of carbonyl (C=O) groups is 1. The Balaban J connectivity index is 3.38. The first-order chi connectivity index (χ1) is 6.06. The van der Waals surface area contributed by atoms with E-state index in [9.17, 15) is 4.79 Å². The van der Waals surface area contributed by atoms with Gasteiger partial charge < -0.3 is 4.74 Å². The summed E-state index contributed by atoms with van der Waals surface area (Å²) in [5, 5.41) is 0. The maximum Gasteiger partial charge on any atom is 0.164 e. The molecule has 0 aliphatic heterocycles. The zero-order valence-corrected chi connectivity index (χ0v) is 9.44. The Labute approximate surface area is 86.0 Å². The number of benzene rings is 1. The molecular formula is C10H11BrO2. The molecule has 0 unspecified atom stereocenters. The van der Waals surface area contributed by atoms with E-state index in [1.165, 1.54) is 6.92 Å². The molecule has 0 saturated heterocycles. The summed E-state index contributed by atoms with van der Waals surface area (Å²) in [6.07, 6.45) is 0. The van der Waals surface area contributed by atoms with Crippen molar-refractivity contribution < 1.29 is 9.53 Å². The first kappa shape index (κ1) is 10.3. The molecule has 0 fully saturated rings. The van der Waals surface area contributed by atoms with Crippen LogP contribution in [0.25, 0.3) is 0 Å². The molecule has 0 bridgehead atoms. The monoisotopic (exact) mass is 242 g/mol. The molecule has 0 atom stereocenters. The van der Waals surface area contributed by atoms with Crippen LogP contribution in [0.1, 0.15) is 22.8 Å². The molecule has 1 aromatic carbocycles. The molecule has 3 heteroatoms. The smallest absolute Gasteiger partial charge is 0.164 e. The minimum Gasteiger partial charge on any atom is -0.496 e. The highest BCUT2D eigenvalue weighted by Crippen LogP contribution is 2.28. The summed E-state index contributed by atoms with van der Waals surface area (Å²) in [6.45, 7) is 3.48. The third-order valence-electron chi connectivity index (χ3n) is 1.77. The molecule has 0 aliphatic rings. The summed E-state index contributed by atoms with van der Waals surface area (Å²) in [4.78, 5) is 11.2. The number of hydrogen-bond acceptors (Lipinski definition) is 2. The molecule has 1 aromatic rings. The summed E-state index contributed by atoms with van der Waals surface area (Å²) < 4.78 is 5.91. The highest BCUT2D eigenvalue weighted by molar-refractivity contribution is 9.10. The lowest BCUT2D eigenvalue weighted by Crippen LogP contribution is -1.99. The number of methoxy groups -OCH3 is 1. The predicted octanol–water partition coefficient (Wildman–Crippen LogP) is 2.97. The zero-order chi connectivity index (χ0) is 10.0. The van der Waals surface area contributed by atoms with Gasteiger partial charge in [0, 0.05) is 4.47 Å². The fraction of sp³-hybridized carbons (Fsp3) is 0.300. The van der Waals surface area contributed by atoms with E-state index < -0.39 is 0 Å². The lowest BCUT2D eigenvalue weighted by atomic mass is 10.1. The SMILES string of the molecule is COc1cc(C)cc(Br)c1C(C)=O. The maximum absolute atomic E-state index is 11.2. The van der Waals surface area contributed by atoms with Crippen LogP contribution in [0.3, 0.4) is 0 Å². The topological polar surface area (TPSA) is 26.3 Å². The van der Waals surface area contributed by atoms with Crippen molar-refractivity contribution >= 4 is 21.7 Å². The van der Waals surface area contributed by atoms with Crippen molar-refractivity contribution in [1.29, 1.82) is 0 Å². The van der Waals surface area contributed by atoms with Gasteiger partial charge in [0.1, 0.15) is 5.75 Å². The normalized spacial score (nSPS) is 9.85. The number of Topliss-reactive ketones (excluding diaryl/α,β-unsaturated/α-hetero) is 1. The van der Waals surface area contributed by atoms with Crippen LogP contribution in [0.2, 0.25) is 0 Å². The van der Waals surface area contributed by atoms with E-state index in [-0.39, 0.29) is 5.78 Å². The lowest BCUT2D eigenvalue weighted by molar-refractivity contribution is 0.101. The Morgan fingerprint density at radius 1 is 1.46 bits per heavy atom. The van der Waals surface area contributed by atoms with Crippen LogP contribution in [0.15, 0.2) is 16.6 Å². The zero-order valence-electron chi connectivity index (χ0n) is 7.85. The summed E-state index contributed by atoms with van der Waals surface area (Å²) in [7, 11) is 1.56. The van der Waals surface area contributed by atoms with Crippen LogP contribution < -0.4 is 4.74 Å². The van der Waals surface area contributed by atoms with E-state index >= 15 is 0 Å². The van der Waals surface area contributed by atoms with Crippen LogP contribution in [-0.2, 0) is 0 Å². The molecule has 0 aliphatic carbocycles. The third kappa shape index (κ3) is 2.10. The highest BCUT2D eigenvalue weighted by Gasteiger charge is 2.12. The van der Waals surface area contributed by atoms with Crippen molar-refractivity contribution in [2.75, 3.05) is 7.11 Å². The van der Waals surface area contributed by atoms with Crippen molar-refractivity contribution in [3.8, 4) is 5.75 Å². The van der Waals surface area contributed by atoms with Crippen molar-refractivity contribution in [3.63, 3.8) is 0 Å². The molecule has 0 spiro atoms. The van der Waals surface area contributed by atoms with Gasteiger partial charge in [0.05, 0.1) is 12.7 Å². The maximum atomic E-state index is 11.2. The van der Waals surface area contributed by atoms with Gasteiger partial charge in [-0.15, -0.1) is 0 Å². The van der Waals surface area contributed by atoms with E-state index in [2.05, 4.69) is 15.9 Å². The number of ether oxygens (including phenoxy) is 1. The number of rotatable bonds is 2. The second-order valence-corrected chi connectivity index (χ2v) is 3.73. The Kier molecular flexibility index (Phi) is 3.09. The Bertz CT molecular complexity index is 345. The second-order valence-electron chi connectivity index (χ2n) is 2.88. The lowest BCUT2D eigenvalue weighted by Gasteiger charge is -2.08. The first-order valence-corrected chi connectivity index (χ1v) is 4.70. The van der Waals surface area contributed by atoms with Gasteiger partial charge in [0.25, 0.3) is 0 Å². The van der Waals surface area contributed by atoms with Gasteiger partial charge in [-0.1, -0.05) is 0 Å². The molecular weight excluding hydrogens is 232 g/mol. The average Bonchev–Trinajstić information content (AvgIpc) is 2.01. The standard InChI is InChI=1S/C10H11BrO2/c1-6-4-8(11)10(7(2)12)9(5-6)13-3/h4-5H,1-3H3. The fourth-order valence-corrected chi connectivity index (χ4v) is 2.05. The summed E-state index contributed by atoms with van der Waals surface area (Å²) in [6, 6.07) is 3.75. The van der Waals surface area contributed by atoms with E-state index in [0.717, 1.165) is 10.0 Å². The third-order valence-corrected chi connectivity index (χ3v) is 2.40. The van der Waals surface area contributed by atoms with E-state index in [1.54, 1.807) is 7.11 Å². The van der Waals surface area contributed by atoms with Crippen molar-refractivity contribution in [3.05, 3.63) is 27.7 Å². The van der Waals surface area contributed by atoms with Crippen molar-refractivity contribution in [1.82, 2.24) is 0 Å². The highest BCUT2D eigenvalue weighted by atomic mass is 79.9. The molecule has 0 saturated carbocycles. The van der Waals surface area contributed by atoms with E-state index in [4.69, 9.17) is 4.74 Å². The van der Waals surface area contributed by atoms with Gasteiger partial charge in [-0.05, 0) is 47.5 Å². The fourth-order valence-electron chi connectivity index (χ4n) is 1.21. The second kappa shape index (κ2) is 3.92. The molecule has 1 rings (SSSR count). The molecule has 0 heterocycles. The minimum absolute atomic E-state index is 0.00345. The first-order valence-electron chi connectivity index (χ1n) is 3.91. The van der Waals surface area contributed by atoms with Gasteiger partial charge in [0.15, 0.2) is 5.78 Å². The Morgan fingerprint density at radius 3 is 2.54 bits per heavy atom. The molecule has 0 radical (unpaired) electrons. The van der Waals surface area contributed by atoms with E-state index in [1.807, 2.05) is 19.1 Å². The van der Waals surface area contributed by atoms with Crippen molar-refractivity contribution in [2.45, 2.75) is 13.8 Å². The van der Waals surface area contributed by atoms with Gasteiger partial charge in [-0.2, -0.15) is 0 Å². The van der Waals surface area contributed by atoms with Crippen LogP contribution >= 0.6 is 15.9 Å². The molecule has 0 N–H and O–H groups in total. The minimum atomic E-state index is 0.00345. The molecule has 0 amide bonds. The van der Waals surface area contributed by atoms with Crippen molar-refractivity contribution in [2.24, 2.45) is 0 Å². The predicted molar refractivity (Wildman–Crippen MR) is 55.4 cm³/mol. The molecule has 2 nitrogen and oxygen atoms in total. The van der Waals surface area contributed by atoms with Gasteiger partial charge in [0.2, 0.25) is 0 Å². The van der Waals surface area contributed by atoms with Gasteiger partial charge in [-0.3, -0.25) is 4.79 Å². The quantitative estimate of drug-likeness (QED) is 0.746. The van der Waals surface area contributed by atoms with Crippen LogP contribution in [0.5, 0.6) is 5.75 Å². The largest absolute Gasteiger partial charge is 0.496 e. The van der Waals surface area contributed by atoms with Gasteiger partial charge >= 0.3 is 0 Å². The average molecular weight is 243 g/mol. The number of aryl methyl sites for hydroxylation is 1. The summed E-state index contributed by atoms with van der Waals surface area (Å²) >= 11 is 3.34. The number of hydrogen-bond donors (Lipinski definition) is 0. The Morgan fingerprint density at radius 2 is 2.08 bits per heavy atom. The Hall–Kier alpha value is -0.830. The summed E-state index contributed by atoms with van der Waals surface area (Å²) in [5.41, 5.74) is 1.67. The summed E-state index contributed by atoms with van der Waals surface area (Å²) in [5.74, 6) is 0.628. The number of carbonyl (C=O) groups excluding carboxylic acids is 1. The number of halogens is 1. The molecule has 0 aromatic heterocycles. The molecule has 70 valence electrons. The van der Waals surface area contributed by atoms with Crippen LogP contribution in [0, 0.1) is 6.92 Å². The van der Waals surface area contributed by atoms with Crippen LogP contribution in [0.4, 0.5) is 0 Å². The van der Waals surface area contributed by atoms with E-state index in [0.29, 0.717) is 11.3 Å². The van der Waals surface area contributed by atoms with Crippen LogP contribution in [-0.4, -0.2) is 12.9 Å². The van der Waals surface area contributed by atoms with Gasteiger partial charge in [-0.25, -0.2) is 0 Å². The number of ketones is 1.